The maximum absolute atomic E-state index is 11.9. The first-order valence-electron chi connectivity index (χ1n) is 5.41. The quantitative estimate of drug-likeness (QED) is 0.693. The molecule has 1 aromatic carbocycles. The van der Waals surface area contributed by atoms with E-state index in [0.717, 1.165) is 19.5 Å². The Morgan fingerprint density at radius 2 is 2.38 bits per heavy atom. The summed E-state index contributed by atoms with van der Waals surface area (Å²) < 4.78 is 0. The highest BCUT2D eigenvalue weighted by Gasteiger charge is 2.30. The summed E-state index contributed by atoms with van der Waals surface area (Å²) in [6.45, 7) is 3.74. The molecule has 86 valence electrons. The molecule has 1 unspecified atom stereocenters. The Bertz CT molecular complexity index is 398. The smallest absolute Gasteiger partial charge is 0.251 e. The number of carbonyl (C=O) groups excluding carboxylic acids is 1. The molecular formula is C12H16N2O2. The molecule has 1 heterocycles. The van der Waals surface area contributed by atoms with Crippen LogP contribution in [0.1, 0.15) is 23.7 Å². The fourth-order valence-corrected chi connectivity index (χ4v) is 1.92. The Hall–Kier alpha value is -1.55. The summed E-state index contributed by atoms with van der Waals surface area (Å²) in [4.78, 5) is 11.9. The van der Waals surface area contributed by atoms with Crippen LogP contribution in [0.5, 0.6) is 5.75 Å². The maximum Gasteiger partial charge on any atom is 0.251 e. The molecule has 16 heavy (non-hydrogen) atoms. The van der Waals surface area contributed by atoms with Crippen molar-refractivity contribution in [1.29, 1.82) is 0 Å². The molecule has 1 aliphatic rings. The van der Waals surface area contributed by atoms with Gasteiger partial charge in [0.05, 0.1) is 5.54 Å². The van der Waals surface area contributed by atoms with Crippen LogP contribution in [0.25, 0.3) is 0 Å². The van der Waals surface area contributed by atoms with Gasteiger partial charge < -0.3 is 15.7 Å². The molecule has 0 spiro atoms. The van der Waals surface area contributed by atoms with E-state index in [-0.39, 0.29) is 17.2 Å². The van der Waals surface area contributed by atoms with Gasteiger partial charge in [-0.15, -0.1) is 0 Å². The van der Waals surface area contributed by atoms with Crippen LogP contribution in [0, 0.1) is 0 Å². The summed E-state index contributed by atoms with van der Waals surface area (Å²) in [5, 5.41) is 15.5. The van der Waals surface area contributed by atoms with Crippen molar-refractivity contribution in [2.45, 2.75) is 18.9 Å². The molecule has 0 radical (unpaired) electrons. The SMILES string of the molecule is CC1(NC(=O)c2cccc(O)c2)CCNC1. The summed E-state index contributed by atoms with van der Waals surface area (Å²) in [5.74, 6) is -0.0237. The van der Waals surface area contributed by atoms with Crippen molar-refractivity contribution in [1.82, 2.24) is 10.6 Å². The standard InChI is InChI=1S/C12H16N2O2/c1-12(5-6-13-8-12)14-11(16)9-3-2-4-10(15)7-9/h2-4,7,13,15H,5-6,8H2,1H3,(H,14,16). The third kappa shape index (κ3) is 2.33. The van der Waals surface area contributed by atoms with Gasteiger partial charge in [-0.1, -0.05) is 6.07 Å². The first-order chi connectivity index (χ1) is 7.59. The molecule has 0 bridgehead atoms. The minimum Gasteiger partial charge on any atom is -0.508 e. The molecule has 0 aliphatic carbocycles. The monoisotopic (exact) mass is 220 g/mol. The average Bonchev–Trinajstić information content (AvgIpc) is 2.65. The number of amides is 1. The molecule has 1 saturated heterocycles. The highest BCUT2D eigenvalue weighted by molar-refractivity contribution is 5.95. The van der Waals surface area contributed by atoms with Gasteiger partial charge in [0.2, 0.25) is 0 Å². The van der Waals surface area contributed by atoms with Crippen LogP contribution in [0.15, 0.2) is 24.3 Å². The Labute approximate surface area is 94.7 Å². The summed E-state index contributed by atoms with van der Waals surface area (Å²) >= 11 is 0. The Morgan fingerprint density at radius 1 is 1.56 bits per heavy atom. The summed E-state index contributed by atoms with van der Waals surface area (Å²) in [5.41, 5.74) is 0.316. The number of benzene rings is 1. The zero-order valence-electron chi connectivity index (χ0n) is 9.29. The number of carbonyl (C=O) groups is 1. The van der Waals surface area contributed by atoms with Crippen molar-refractivity contribution in [3.8, 4) is 5.75 Å². The molecule has 2 rings (SSSR count). The van der Waals surface area contributed by atoms with Gasteiger partial charge in [-0.05, 0) is 38.1 Å². The van der Waals surface area contributed by atoms with E-state index in [1.807, 2.05) is 6.92 Å². The fourth-order valence-electron chi connectivity index (χ4n) is 1.92. The average molecular weight is 220 g/mol. The largest absolute Gasteiger partial charge is 0.508 e. The first-order valence-corrected chi connectivity index (χ1v) is 5.41. The van der Waals surface area contributed by atoms with Crippen LogP contribution in [-0.2, 0) is 0 Å². The van der Waals surface area contributed by atoms with Crippen molar-refractivity contribution >= 4 is 5.91 Å². The number of aromatic hydroxyl groups is 1. The number of phenols is 1. The number of hydrogen-bond donors (Lipinski definition) is 3. The molecule has 1 amide bonds. The van der Waals surface area contributed by atoms with E-state index < -0.39 is 0 Å². The number of phenolic OH excluding ortho intramolecular Hbond substituents is 1. The molecule has 1 aromatic rings. The van der Waals surface area contributed by atoms with Gasteiger partial charge >= 0.3 is 0 Å². The zero-order valence-corrected chi connectivity index (χ0v) is 9.29. The molecule has 1 aliphatic heterocycles. The second-order valence-corrected chi connectivity index (χ2v) is 4.49. The Morgan fingerprint density at radius 3 is 3.00 bits per heavy atom. The van der Waals surface area contributed by atoms with E-state index in [9.17, 15) is 9.90 Å². The van der Waals surface area contributed by atoms with Gasteiger partial charge in [-0.3, -0.25) is 4.79 Å². The van der Waals surface area contributed by atoms with E-state index >= 15 is 0 Å². The minimum absolute atomic E-state index is 0.113. The highest BCUT2D eigenvalue weighted by atomic mass is 16.3. The van der Waals surface area contributed by atoms with Gasteiger partial charge in [0.15, 0.2) is 0 Å². The second kappa shape index (κ2) is 4.14. The van der Waals surface area contributed by atoms with Crippen LogP contribution in [0.4, 0.5) is 0 Å². The number of rotatable bonds is 2. The molecule has 4 nitrogen and oxygen atoms in total. The van der Waals surface area contributed by atoms with E-state index in [0.29, 0.717) is 5.56 Å². The van der Waals surface area contributed by atoms with Crippen LogP contribution in [0.3, 0.4) is 0 Å². The normalized spacial score (nSPS) is 24.3. The van der Waals surface area contributed by atoms with E-state index in [1.165, 1.54) is 6.07 Å². The predicted molar refractivity (Wildman–Crippen MR) is 61.5 cm³/mol. The fraction of sp³-hybridized carbons (Fsp3) is 0.417. The molecule has 4 heteroatoms. The van der Waals surface area contributed by atoms with Crippen LogP contribution in [-0.4, -0.2) is 29.6 Å². The maximum atomic E-state index is 11.9. The lowest BCUT2D eigenvalue weighted by Crippen LogP contribution is -2.47. The van der Waals surface area contributed by atoms with Gasteiger partial charge in [0.1, 0.15) is 5.75 Å². The minimum atomic E-state index is -0.178. The van der Waals surface area contributed by atoms with E-state index in [2.05, 4.69) is 10.6 Å². The molecule has 0 saturated carbocycles. The molecule has 1 atom stereocenters. The third-order valence-corrected chi connectivity index (χ3v) is 2.89. The van der Waals surface area contributed by atoms with E-state index in [4.69, 9.17) is 0 Å². The van der Waals surface area contributed by atoms with Crippen LogP contribution in [0.2, 0.25) is 0 Å². The Balaban J connectivity index is 2.08. The van der Waals surface area contributed by atoms with Gasteiger partial charge in [0, 0.05) is 12.1 Å². The van der Waals surface area contributed by atoms with Crippen LogP contribution >= 0.6 is 0 Å². The van der Waals surface area contributed by atoms with Crippen LogP contribution < -0.4 is 10.6 Å². The van der Waals surface area contributed by atoms with Crippen molar-refractivity contribution in [3.63, 3.8) is 0 Å². The molecule has 1 fully saturated rings. The zero-order chi connectivity index (χ0) is 11.6. The lowest BCUT2D eigenvalue weighted by Gasteiger charge is -2.24. The van der Waals surface area contributed by atoms with Crippen molar-refractivity contribution in [2.75, 3.05) is 13.1 Å². The van der Waals surface area contributed by atoms with Crippen molar-refractivity contribution < 1.29 is 9.90 Å². The molecular weight excluding hydrogens is 204 g/mol. The topological polar surface area (TPSA) is 61.4 Å². The number of hydrogen-bond acceptors (Lipinski definition) is 3. The van der Waals surface area contributed by atoms with E-state index in [1.54, 1.807) is 18.2 Å². The second-order valence-electron chi connectivity index (χ2n) is 4.49. The Kier molecular flexibility index (Phi) is 2.83. The summed E-state index contributed by atoms with van der Waals surface area (Å²) in [6, 6.07) is 6.39. The molecule has 0 aromatic heterocycles. The lowest BCUT2D eigenvalue weighted by atomic mass is 10.0. The van der Waals surface area contributed by atoms with Gasteiger partial charge in [-0.25, -0.2) is 0 Å². The van der Waals surface area contributed by atoms with Crippen molar-refractivity contribution in [3.05, 3.63) is 29.8 Å². The van der Waals surface area contributed by atoms with Crippen molar-refractivity contribution in [2.24, 2.45) is 0 Å². The highest BCUT2D eigenvalue weighted by Crippen LogP contribution is 2.16. The molecule has 3 N–H and O–H groups in total. The number of nitrogens with one attached hydrogen (secondary N) is 2. The summed E-state index contributed by atoms with van der Waals surface area (Å²) in [6.07, 6.45) is 0.928. The third-order valence-electron chi connectivity index (χ3n) is 2.89. The predicted octanol–water partition coefficient (Wildman–Crippen LogP) is 0.874. The van der Waals surface area contributed by atoms with Gasteiger partial charge in [0.25, 0.3) is 5.91 Å². The van der Waals surface area contributed by atoms with Gasteiger partial charge in [-0.2, -0.15) is 0 Å². The summed E-state index contributed by atoms with van der Waals surface area (Å²) in [7, 11) is 0. The first kappa shape index (κ1) is 11.0. The lowest BCUT2D eigenvalue weighted by molar-refractivity contribution is 0.0912.